The zero-order valence-electron chi connectivity index (χ0n) is 11.9. The van der Waals surface area contributed by atoms with Gasteiger partial charge in [-0.1, -0.05) is 0 Å². The zero-order valence-corrected chi connectivity index (χ0v) is 12.8. The van der Waals surface area contributed by atoms with E-state index in [0.717, 1.165) is 22.6 Å². The predicted molar refractivity (Wildman–Crippen MR) is 82.2 cm³/mol. The molecule has 0 amide bonds. The molecule has 1 saturated heterocycles. The minimum absolute atomic E-state index is 0.0960. The third-order valence-corrected chi connectivity index (χ3v) is 4.47. The van der Waals surface area contributed by atoms with Crippen LogP contribution >= 0.6 is 11.3 Å². The largest absolute Gasteiger partial charge is 0.377 e. The second-order valence-corrected chi connectivity index (χ2v) is 6.84. The molecule has 1 fully saturated rings. The van der Waals surface area contributed by atoms with Crippen molar-refractivity contribution in [3.63, 3.8) is 0 Å². The summed E-state index contributed by atoms with van der Waals surface area (Å²) >= 11 is 1.66. The average Bonchev–Trinajstić information content (AvgIpc) is 2.77. The molecule has 0 saturated carbocycles. The summed E-state index contributed by atoms with van der Waals surface area (Å²) in [4.78, 5) is 13.5. The Hall–Kier alpha value is -1.44. The van der Waals surface area contributed by atoms with E-state index in [0.29, 0.717) is 19.2 Å². The van der Waals surface area contributed by atoms with Crippen LogP contribution in [0.4, 0.5) is 11.8 Å². The zero-order chi connectivity index (χ0) is 14.3. The molecule has 6 nitrogen and oxygen atoms in total. The number of nitrogens with zero attached hydrogens (tertiary/aromatic N) is 3. The highest BCUT2D eigenvalue weighted by molar-refractivity contribution is 7.18. The van der Waals surface area contributed by atoms with E-state index in [1.165, 1.54) is 4.88 Å². The summed E-state index contributed by atoms with van der Waals surface area (Å²) in [5.41, 5.74) is 2.47. The average molecular weight is 293 g/mol. The molecule has 0 bridgehead atoms. The van der Waals surface area contributed by atoms with E-state index in [1.807, 2.05) is 0 Å². The molecule has 7 heteroatoms. The standard InChI is InChI=1S/C13H19N5OS/c1-8-6-9-10(15-12(17-14)16-11(9)20-8)18-4-5-19-7-13(18,2)3/h6H,4-5,7,14H2,1-3H3,(H,15,16,17). The Morgan fingerprint density at radius 3 is 2.95 bits per heavy atom. The number of rotatable bonds is 2. The van der Waals surface area contributed by atoms with Gasteiger partial charge in [-0.25, -0.2) is 10.8 Å². The number of aryl methyl sites for hydroxylation is 1. The molecule has 3 rings (SSSR count). The molecule has 3 N–H and O–H groups in total. The Morgan fingerprint density at radius 1 is 1.45 bits per heavy atom. The van der Waals surface area contributed by atoms with Crippen LogP contribution in [0.1, 0.15) is 18.7 Å². The van der Waals surface area contributed by atoms with Gasteiger partial charge in [0, 0.05) is 11.4 Å². The number of hydrogen-bond acceptors (Lipinski definition) is 7. The summed E-state index contributed by atoms with van der Waals surface area (Å²) in [6.45, 7) is 8.62. The first-order valence-electron chi connectivity index (χ1n) is 6.61. The van der Waals surface area contributed by atoms with E-state index >= 15 is 0 Å². The fourth-order valence-electron chi connectivity index (χ4n) is 2.55. The molecule has 108 valence electrons. The van der Waals surface area contributed by atoms with Gasteiger partial charge < -0.3 is 9.64 Å². The van der Waals surface area contributed by atoms with Crippen LogP contribution in [0.25, 0.3) is 10.2 Å². The van der Waals surface area contributed by atoms with Gasteiger partial charge in [0.1, 0.15) is 10.6 Å². The Bertz CT molecular complexity index is 639. The lowest BCUT2D eigenvalue weighted by molar-refractivity contribution is 0.0641. The quantitative estimate of drug-likeness (QED) is 0.650. The number of fused-ring (bicyclic) bond motifs is 1. The summed E-state index contributed by atoms with van der Waals surface area (Å²) in [6, 6.07) is 2.14. The first kappa shape index (κ1) is 13.5. The molecule has 20 heavy (non-hydrogen) atoms. The van der Waals surface area contributed by atoms with Crippen LogP contribution in [0.15, 0.2) is 6.07 Å². The monoisotopic (exact) mass is 293 g/mol. The summed E-state index contributed by atoms with van der Waals surface area (Å²) in [7, 11) is 0. The van der Waals surface area contributed by atoms with Crippen molar-refractivity contribution >= 4 is 33.3 Å². The highest BCUT2D eigenvalue weighted by atomic mass is 32.1. The van der Waals surface area contributed by atoms with Crippen molar-refractivity contribution < 1.29 is 4.74 Å². The number of aromatic nitrogens is 2. The van der Waals surface area contributed by atoms with Crippen molar-refractivity contribution in [2.24, 2.45) is 5.84 Å². The molecular weight excluding hydrogens is 274 g/mol. The minimum Gasteiger partial charge on any atom is -0.377 e. The van der Waals surface area contributed by atoms with Crippen LogP contribution in [-0.2, 0) is 4.74 Å². The predicted octanol–water partition coefficient (Wildman–Crippen LogP) is 1.90. The van der Waals surface area contributed by atoms with E-state index in [2.05, 4.69) is 47.1 Å². The summed E-state index contributed by atoms with van der Waals surface area (Å²) in [5.74, 6) is 6.89. The van der Waals surface area contributed by atoms with Gasteiger partial charge in [0.25, 0.3) is 0 Å². The highest BCUT2D eigenvalue weighted by Gasteiger charge is 2.33. The lowest BCUT2D eigenvalue weighted by Gasteiger charge is -2.43. The molecule has 0 radical (unpaired) electrons. The number of morpholine rings is 1. The van der Waals surface area contributed by atoms with Gasteiger partial charge >= 0.3 is 0 Å². The number of ether oxygens (including phenoxy) is 1. The molecule has 1 aliphatic rings. The summed E-state index contributed by atoms with van der Waals surface area (Å²) in [6.07, 6.45) is 0. The van der Waals surface area contributed by atoms with E-state index in [-0.39, 0.29) is 5.54 Å². The number of hydrazine groups is 1. The number of nitrogens with one attached hydrogen (secondary N) is 1. The smallest absolute Gasteiger partial charge is 0.240 e. The fourth-order valence-corrected chi connectivity index (χ4v) is 3.42. The Balaban J connectivity index is 2.18. The lowest BCUT2D eigenvalue weighted by atomic mass is 10.0. The molecule has 3 heterocycles. The molecular formula is C13H19N5OS. The number of hydrogen-bond donors (Lipinski definition) is 2. The summed E-state index contributed by atoms with van der Waals surface area (Å²) < 4.78 is 5.59. The molecule has 0 aliphatic carbocycles. The molecule has 0 aromatic carbocycles. The van der Waals surface area contributed by atoms with E-state index in [4.69, 9.17) is 10.6 Å². The third kappa shape index (κ3) is 2.21. The van der Waals surface area contributed by atoms with Crippen LogP contribution in [0.3, 0.4) is 0 Å². The maximum atomic E-state index is 5.59. The SMILES string of the molecule is Cc1cc2c(N3CCOCC3(C)C)nc(NN)nc2s1. The minimum atomic E-state index is -0.0960. The van der Waals surface area contributed by atoms with Gasteiger partial charge in [-0.05, 0) is 26.8 Å². The Kier molecular flexibility index (Phi) is 3.27. The molecule has 2 aromatic rings. The van der Waals surface area contributed by atoms with E-state index < -0.39 is 0 Å². The molecule has 0 unspecified atom stereocenters. The van der Waals surface area contributed by atoms with Gasteiger partial charge in [-0.2, -0.15) is 4.98 Å². The number of nitrogens with two attached hydrogens (primary N) is 1. The van der Waals surface area contributed by atoms with Gasteiger partial charge in [-0.15, -0.1) is 11.3 Å². The maximum Gasteiger partial charge on any atom is 0.240 e. The Morgan fingerprint density at radius 2 is 2.25 bits per heavy atom. The van der Waals surface area contributed by atoms with Crippen LogP contribution in [-0.4, -0.2) is 35.3 Å². The van der Waals surface area contributed by atoms with Crippen molar-refractivity contribution in [1.29, 1.82) is 0 Å². The fraction of sp³-hybridized carbons (Fsp3) is 0.538. The number of anilines is 2. The Labute approximate surface area is 121 Å². The van der Waals surface area contributed by atoms with Gasteiger partial charge in [0.05, 0.1) is 24.1 Å². The molecule has 0 spiro atoms. The normalized spacial score (nSPS) is 18.5. The summed E-state index contributed by atoms with van der Waals surface area (Å²) in [5, 5.41) is 1.08. The topological polar surface area (TPSA) is 76.3 Å². The second-order valence-electron chi connectivity index (χ2n) is 5.61. The van der Waals surface area contributed by atoms with Gasteiger partial charge in [0.2, 0.25) is 5.95 Å². The first-order chi connectivity index (χ1) is 9.51. The second kappa shape index (κ2) is 4.83. The molecule has 1 aliphatic heterocycles. The van der Waals surface area contributed by atoms with Crippen LogP contribution in [0, 0.1) is 6.92 Å². The highest BCUT2D eigenvalue weighted by Crippen LogP contribution is 2.35. The van der Waals surface area contributed by atoms with Crippen LogP contribution in [0.5, 0.6) is 0 Å². The van der Waals surface area contributed by atoms with E-state index in [1.54, 1.807) is 11.3 Å². The van der Waals surface area contributed by atoms with Gasteiger partial charge in [-0.3, -0.25) is 5.43 Å². The van der Waals surface area contributed by atoms with Crippen LogP contribution < -0.4 is 16.2 Å². The van der Waals surface area contributed by atoms with Gasteiger partial charge in [0.15, 0.2) is 0 Å². The van der Waals surface area contributed by atoms with Crippen molar-refractivity contribution in [1.82, 2.24) is 9.97 Å². The maximum absolute atomic E-state index is 5.59. The number of thiophene rings is 1. The lowest BCUT2D eigenvalue weighted by Crippen LogP contribution is -2.53. The number of nitrogen functional groups attached to an aromatic ring is 1. The van der Waals surface area contributed by atoms with Crippen molar-refractivity contribution in [3.05, 3.63) is 10.9 Å². The van der Waals surface area contributed by atoms with Crippen molar-refractivity contribution in [2.45, 2.75) is 26.3 Å². The molecule has 0 atom stereocenters. The third-order valence-electron chi connectivity index (χ3n) is 3.53. The van der Waals surface area contributed by atoms with Crippen molar-refractivity contribution in [3.8, 4) is 0 Å². The first-order valence-corrected chi connectivity index (χ1v) is 7.43. The molecule has 2 aromatic heterocycles. The van der Waals surface area contributed by atoms with Crippen molar-refractivity contribution in [2.75, 3.05) is 30.1 Å². The van der Waals surface area contributed by atoms with Crippen LogP contribution in [0.2, 0.25) is 0 Å². The van der Waals surface area contributed by atoms with E-state index in [9.17, 15) is 0 Å².